The Morgan fingerprint density at radius 3 is 2.50 bits per heavy atom. The van der Waals surface area contributed by atoms with E-state index >= 15 is 0 Å². The summed E-state index contributed by atoms with van der Waals surface area (Å²) >= 11 is 0. The van der Waals surface area contributed by atoms with Crippen molar-refractivity contribution in [1.29, 1.82) is 0 Å². The highest BCUT2D eigenvalue weighted by Gasteiger charge is 2.46. The predicted octanol–water partition coefficient (Wildman–Crippen LogP) is 6.14. The van der Waals surface area contributed by atoms with Crippen LogP contribution < -0.4 is 9.47 Å². The molecule has 2 heterocycles. The highest BCUT2D eigenvalue weighted by Crippen LogP contribution is 2.49. The van der Waals surface area contributed by atoms with Crippen LogP contribution in [-0.2, 0) is 38.6 Å². The van der Waals surface area contributed by atoms with Gasteiger partial charge < -0.3 is 14.2 Å². The van der Waals surface area contributed by atoms with Gasteiger partial charge in [-0.15, -0.1) is 0 Å². The van der Waals surface area contributed by atoms with Gasteiger partial charge >= 0.3 is 5.97 Å². The van der Waals surface area contributed by atoms with E-state index in [-0.39, 0.29) is 41.2 Å². The summed E-state index contributed by atoms with van der Waals surface area (Å²) in [6.45, 7) is 4.77. The van der Waals surface area contributed by atoms with Gasteiger partial charge in [0.15, 0.2) is 9.84 Å². The van der Waals surface area contributed by atoms with Crippen LogP contribution in [0.5, 0.6) is 11.5 Å². The van der Waals surface area contributed by atoms with Gasteiger partial charge in [-0.25, -0.2) is 12.8 Å². The van der Waals surface area contributed by atoms with E-state index in [1.165, 1.54) is 0 Å². The third-order valence-corrected chi connectivity index (χ3v) is 10.4. The molecular weight excluding hydrogens is 555 g/mol. The number of rotatable bonds is 8. The van der Waals surface area contributed by atoms with E-state index in [2.05, 4.69) is 25.1 Å². The van der Waals surface area contributed by atoms with Crippen molar-refractivity contribution in [2.75, 3.05) is 24.7 Å². The molecule has 0 spiro atoms. The molecule has 2 aliphatic heterocycles. The van der Waals surface area contributed by atoms with Crippen molar-refractivity contribution < 1.29 is 31.8 Å². The molecule has 6 nitrogen and oxygen atoms in total. The van der Waals surface area contributed by atoms with E-state index in [4.69, 9.17) is 14.2 Å². The van der Waals surface area contributed by atoms with Crippen molar-refractivity contribution in [3.63, 3.8) is 0 Å². The Balaban J connectivity index is 1.16. The molecule has 2 atom stereocenters. The highest BCUT2D eigenvalue weighted by atomic mass is 32.2. The van der Waals surface area contributed by atoms with Crippen LogP contribution in [0.2, 0.25) is 0 Å². The first kappa shape index (κ1) is 28.7. The monoisotopic (exact) mass is 592 g/mol. The molecule has 1 saturated heterocycles. The van der Waals surface area contributed by atoms with Gasteiger partial charge in [0.1, 0.15) is 23.4 Å². The molecule has 8 heteroatoms. The normalized spacial score (nSPS) is 20.9. The van der Waals surface area contributed by atoms with Crippen molar-refractivity contribution in [2.45, 2.75) is 64.4 Å². The first-order chi connectivity index (χ1) is 20.2. The number of carbonyl (C=O) groups is 1. The first-order valence-corrected chi connectivity index (χ1v) is 16.7. The molecule has 3 aromatic carbocycles. The number of fused-ring (bicyclic) bond motifs is 3. The lowest BCUT2D eigenvalue weighted by Crippen LogP contribution is -2.30. The lowest BCUT2D eigenvalue weighted by Gasteiger charge is -2.24. The largest absolute Gasteiger partial charge is 0.493 e. The number of carbonyl (C=O) groups excluding carboxylic acids is 1. The maximum absolute atomic E-state index is 15.0. The molecule has 222 valence electrons. The molecule has 0 unspecified atom stereocenters. The van der Waals surface area contributed by atoms with Crippen LogP contribution >= 0.6 is 0 Å². The Morgan fingerprint density at radius 2 is 1.76 bits per heavy atom. The van der Waals surface area contributed by atoms with Crippen LogP contribution in [0.25, 0.3) is 11.1 Å². The molecule has 0 amide bonds. The summed E-state index contributed by atoms with van der Waals surface area (Å²) in [5.41, 5.74) is 7.11. The predicted molar refractivity (Wildman–Crippen MR) is 159 cm³/mol. The maximum Gasteiger partial charge on any atom is 0.309 e. The fraction of sp³-hybridized carbons (Fsp3) is 0.441. The first-order valence-electron chi connectivity index (χ1n) is 14.9. The molecule has 1 aliphatic carbocycles. The minimum atomic E-state index is -2.94. The van der Waals surface area contributed by atoms with Gasteiger partial charge in [-0.1, -0.05) is 18.2 Å². The molecule has 42 heavy (non-hydrogen) atoms. The summed E-state index contributed by atoms with van der Waals surface area (Å²) in [7, 11) is -2.94. The van der Waals surface area contributed by atoms with E-state index in [9.17, 15) is 17.6 Å². The van der Waals surface area contributed by atoms with Crippen LogP contribution in [0.1, 0.15) is 59.9 Å². The number of esters is 1. The molecule has 1 saturated carbocycles. The van der Waals surface area contributed by atoms with Gasteiger partial charge in [-0.05, 0) is 110 Å². The zero-order valence-corrected chi connectivity index (χ0v) is 25.0. The van der Waals surface area contributed by atoms with Crippen molar-refractivity contribution in [1.82, 2.24) is 0 Å². The molecule has 0 N–H and O–H groups in total. The second kappa shape index (κ2) is 11.7. The van der Waals surface area contributed by atoms with Gasteiger partial charge in [0.05, 0.1) is 30.6 Å². The quantitative estimate of drug-likeness (QED) is 0.292. The summed E-state index contributed by atoms with van der Waals surface area (Å²) in [6.07, 6.45) is 3.80. The minimum absolute atomic E-state index is 0.0873. The van der Waals surface area contributed by atoms with Crippen LogP contribution in [0.4, 0.5) is 4.39 Å². The lowest BCUT2D eigenvalue weighted by atomic mass is 9.91. The molecule has 0 aromatic heterocycles. The average molecular weight is 593 g/mol. The number of hydrogen-bond donors (Lipinski definition) is 0. The van der Waals surface area contributed by atoms with E-state index in [1.54, 1.807) is 13.0 Å². The summed E-state index contributed by atoms with van der Waals surface area (Å²) in [6, 6.07) is 15.8. The number of sulfone groups is 1. The second-order valence-corrected chi connectivity index (χ2v) is 14.0. The lowest BCUT2D eigenvalue weighted by molar-refractivity contribution is -0.144. The number of hydrogen-bond acceptors (Lipinski definition) is 6. The fourth-order valence-corrected chi connectivity index (χ4v) is 7.79. The summed E-state index contributed by atoms with van der Waals surface area (Å²) in [4.78, 5) is 12.0. The van der Waals surface area contributed by atoms with Crippen molar-refractivity contribution in [2.24, 2.45) is 5.92 Å². The Labute approximate surface area is 247 Å². The van der Waals surface area contributed by atoms with E-state index in [0.29, 0.717) is 44.5 Å². The Morgan fingerprint density at radius 1 is 1.02 bits per heavy atom. The van der Waals surface area contributed by atoms with E-state index < -0.39 is 9.84 Å². The third kappa shape index (κ3) is 6.19. The molecular formula is C34H37FO6S. The molecule has 2 fully saturated rings. The van der Waals surface area contributed by atoms with Crippen LogP contribution in [-0.4, -0.2) is 45.2 Å². The molecule has 3 aliphatic rings. The van der Waals surface area contributed by atoms with Gasteiger partial charge in [0.2, 0.25) is 0 Å². The van der Waals surface area contributed by atoms with Crippen molar-refractivity contribution in [3.8, 4) is 22.6 Å². The number of aryl methyl sites for hydroxylation is 3. The summed E-state index contributed by atoms with van der Waals surface area (Å²) < 4.78 is 56.1. The van der Waals surface area contributed by atoms with E-state index in [0.717, 1.165) is 57.7 Å². The smallest absolute Gasteiger partial charge is 0.309 e. The van der Waals surface area contributed by atoms with Gasteiger partial charge in [0, 0.05) is 17.9 Å². The molecule has 6 rings (SSSR count). The van der Waals surface area contributed by atoms with Crippen molar-refractivity contribution in [3.05, 3.63) is 82.2 Å². The van der Waals surface area contributed by atoms with Crippen molar-refractivity contribution >= 4 is 15.8 Å². The highest BCUT2D eigenvalue weighted by molar-refractivity contribution is 7.91. The molecule has 0 radical (unpaired) electrons. The molecule has 3 aromatic rings. The molecule has 0 bridgehead atoms. The van der Waals surface area contributed by atoms with E-state index in [1.807, 2.05) is 24.3 Å². The number of ether oxygens (including phenoxy) is 3. The second-order valence-electron chi connectivity index (χ2n) is 11.7. The van der Waals surface area contributed by atoms with Gasteiger partial charge in [-0.2, -0.15) is 0 Å². The average Bonchev–Trinajstić information content (AvgIpc) is 3.76. The topological polar surface area (TPSA) is 78.9 Å². The standard InChI is InChI=1S/C34H37FO6S/c1-3-39-34(36)29-20-28(29)27-8-6-23(18-31(27)35)5-4-22-7-9-32-30(17-22)33-21(2)16-26(19-24(33)10-13-40-32)41-25-11-14-42(37,38)15-12-25/h6-9,16-19,25,28-29H,3-5,10-15,20H2,1-2H3/t28-,29+/m1/s1. The number of benzene rings is 3. The Bertz CT molecular complexity index is 1600. The van der Waals surface area contributed by atoms with Gasteiger partial charge in [-0.3, -0.25) is 4.79 Å². The van der Waals surface area contributed by atoms with Gasteiger partial charge in [0.25, 0.3) is 0 Å². The van der Waals surface area contributed by atoms with Crippen LogP contribution in [0.15, 0.2) is 48.5 Å². The van der Waals surface area contributed by atoms with Crippen LogP contribution in [0.3, 0.4) is 0 Å². The summed E-state index contributed by atoms with van der Waals surface area (Å²) in [5.74, 6) is 1.18. The Hall–Kier alpha value is -3.39. The third-order valence-electron chi connectivity index (χ3n) is 8.68. The maximum atomic E-state index is 15.0. The zero-order valence-electron chi connectivity index (χ0n) is 24.2. The zero-order chi connectivity index (χ0) is 29.4. The minimum Gasteiger partial charge on any atom is -0.493 e. The Kier molecular flexibility index (Phi) is 8.01. The number of halogens is 1. The fourth-order valence-electron chi connectivity index (χ4n) is 6.34. The van der Waals surface area contributed by atoms with Crippen LogP contribution in [0, 0.1) is 18.7 Å². The SMILES string of the molecule is CCOC(=O)[C@H]1C[C@@H]1c1ccc(CCc2ccc3c(c2)-c2c(C)cc(OC4CCS(=O)(=O)CC4)cc2CCO3)cc1F. The summed E-state index contributed by atoms with van der Waals surface area (Å²) in [5, 5.41) is 0.